The minimum atomic E-state index is -0.189. The number of hydrogen-bond acceptors (Lipinski definition) is 4. The van der Waals surface area contributed by atoms with Crippen LogP contribution in [0.5, 0.6) is 0 Å². The van der Waals surface area contributed by atoms with Crippen molar-refractivity contribution in [1.29, 1.82) is 0 Å². The van der Waals surface area contributed by atoms with E-state index in [4.69, 9.17) is 5.11 Å². The van der Waals surface area contributed by atoms with E-state index in [0.29, 0.717) is 5.69 Å². The minimum absolute atomic E-state index is 0.0679. The number of halogens is 1. The largest absolute Gasteiger partial charge is 0.390 e. The van der Waals surface area contributed by atoms with Crippen LogP contribution in [0.3, 0.4) is 0 Å². The molecule has 0 saturated heterocycles. The SMILES string of the molecule is O=C(Cn1cc(CO)nn1)Nc1cccc(I)c1. The van der Waals surface area contributed by atoms with Gasteiger partial charge in [0.25, 0.3) is 0 Å². The Balaban J connectivity index is 1.96. The van der Waals surface area contributed by atoms with Crippen LogP contribution in [0.4, 0.5) is 5.69 Å². The summed E-state index contributed by atoms with van der Waals surface area (Å²) in [6.07, 6.45) is 1.54. The van der Waals surface area contributed by atoms with Crippen molar-refractivity contribution < 1.29 is 9.90 Å². The van der Waals surface area contributed by atoms with Crippen molar-refractivity contribution >= 4 is 34.2 Å². The Morgan fingerprint density at radius 3 is 3.00 bits per heavy atom. The number of anilines is 1. The van der Waals surface area contributed by atoms with Gasteiger partial charge in [-0.05, 0) is 40.8 Å². The molecule has 0 spiro atoms. The van der Waals surface area contributed by atoms with Crippen LogP contribution in [0.25, 0.3) is 0 Å². The molecule has 0 aliphatic rings. The van der Waals surface area contributed by atoms with E-state index >= 15 is 0 Å². The molecule has 1 aromatic carbocycles. The van der Waals surface area contributed by atoms with E-state index in [1.165, 1.54) is 10.9 Å². The first kappa shape index (κ1) is 13.0. The fraction of sp³-hybridized carbons (Fsp3) is 0.182. The number of benzene rings is 1. The van der Waals surface area contributed by atoms with Crippen molar-refractivity contribution in [2.75, 3.05) is 5.32 Å². The van der Waals surface area contributed by atoms with Crippen LogP contribution in [0.1, 0.15) is 5.69 Å². The van der Waals surface area contributed by atoms with Crippen LogP contribution < -0.4 is 5.32 Å². The second kappa shape index (κ2) is 5.91. The van der Waals surface area contributed by atoms with Gasteiger partial charge in [0.15, 0.2) is 0 Å². The Hall–Kier alpha value is -1.48. The normalized spacial score (nSPS) is 10.3. The molecular weight excluding hydrogens is 347 g/mol. The summed E-state index contributed by atoms with van der Waals surface area (Å²) >= 11 is 2.18. The van der Waals surface area contributed by atoms with Gasteiger partial charge in [-0.15, -0.1) is 5.10 Å². The number of aromatic nitrogens is 3. The number of carbonyl (C=O) groups is 1. The van der Waals surface area contributed by atoms with Gasteiger partial charge in [-0.1, -0.05) is 11.3 Å². The van der Waals surface area contributed by atoms with Gasteiger partial charge in [0.2, 0.25) is 5.91 Å². The van der Waals surface area contributed by atoms with Crippen LogP contribution in [-0.4, -0.2) is 26.0 Å². The summed E-state index contributed by atoms with van der Waals surface area (Å²) in [4.78, 5) is 11.7. The van der Waals surface area contributed by atoms with E-state index in [1.54, 1.807) is 0 Å². The lowest BCUT2D eigenvalue weighted by molar-refractivity contribution is -0.116. The van der Waals surface area contributed by atoms with Gasteiger partial charge in [-0.3, -0.25) is 4.79 Å². The van der Waals surface area contributed by atoms with Crippen molar-refractivity contribution in [2.24, 2.45) is 0 Å². The van der Waals surface area contributed by atoms with Gasteiger partial charge >= 0.3 is 0 Å². The van der Waals surface area contributed by atoms with E-state index in [1.807, 2.05) is 24.3 Å². The molecule has 6 nitrogen and oxygen atoms in total. The number of rotatable bonds is 4. The topological polar surface area (TPSA) is 80.0 Å². The third-order valence-corrected chi connectivity index (χ3v) is 2.83. The number of aliphatic hydroxyl groups is 1. The van der Waals surface area contributed by atoms with Gasteiger partial charge in [0.05, 0.1) is 12.8 Å². The quantitative estimate of drug-likeness (QED) is 0.800. The van der Waals surface area contributed by atoms with E-state index < -0.39 is 0 Å². The average molecular weight is 358 g/mol. The van der Waals surface area contributed by atoms with Crippen molar-refractivity contribution in [3.63, 3.8) is 0 Å². The monoisotopic (exact) mass is 358 g/mol. The first-order valence-corrected chi connectivity index (χ1v) is 6.30. The highest BCUT2D eigenvalue weighted by Crippen LogP contribution is 2.12. The molecule has 94 valence electrons. The van der Waals surface area contributed by atoms with E-state index in [2.05, 4.69) is 38.2 Å². The highest BCUT2D eigenvalue weighted by molar-refractivity contribution is 14.1. The minimum Gasteiger partial charge on any atom is -0.390 e. The first-order chi connectivity index (χ1) is 8.67. The third-order valence-electron chi connectivity index (χ3n) is 2.16. The lowest BCUT2D eigenvalue weighted by Crippen LogP contribution is -2.19. The second-order valence-corrected chi connectivity index (χ2v) is 4.87. The number of nitrogens with zero attached hydrogens (tertiary/aromatic N) is 3. The Labute approximate surface area is 117 Å². The maximum absolute atomic E-state index is 11.7. The standard InChI is InChI=1S/C11H11IN4O2/c12-8-2-1-3-9(4-8)13-11(18)6-16-5-10(7-17)14-15-16/h1-5,17H,6-7H2,(H,13,18). The smallest absolute Gasteiger partial charge is 0.246 e. The summed E-state index contributed by atoms with van der Waals surface area (Å²) in [6.45, 7) is -0.114. The molecule has 0 saturated carbocycles. The number of carbonyl (C=O) groups excluding carboxylic acids is 1. The van der Waals surface area contributed by atoms with Gasteiger partial charge in [0, 0.05) is 9.26 Å². The molecule has 2 rings (SSSR count). The van der Waals surface area contributed by atoms with Crippen LogP contribution >= 0.6 is 22.6 Å². The molecule has 7 heteroatoms. The number of amides is 1. The summed E-state index contributed by atoms with van der Waals surface area (Å²) in [5.41, 5.74) is 1.19. The van der Waals surface area contributed by atoms with E-state index in [-0.39, 0.29) is 19.1 Å². The van der Waals surface area contributed by atoms with Crippen LogP contribution in [0.15, 0.2) is 30.5 Å². The van der Waals surface area contributed by atoms with Crippen molar-refractivity contribution in [3.05, 3.63) is 39.7 Å². The number of nitrogens with one attached hydrogen (secondary N) is 1. The third kappa shape index (κ3) is 3.50. The molecule has 0 radical (unpaired) electrons. The second-order valence-electron chi connectivity index (χ2n) is 3.62. The molecule has 18 heavy (non-hydrogen) atoms. The molecule has 1 heterocycles. The van der Waals surface area contributed by atoms with E-state index in [0.717, 1.165) is 9.26 Å². The number of aliphatic hydroxyl groups excluding tert-OH is 1. The fourth-order valence-corrected chi connectivity index (χ4v) is 1.95. The summed E-state index contributed by atoms with van der Waals surface area (Å²) < 4.78 is 2.43. The summed E-state index contributed by atoms with van der Waals surface area (Å²) in [6, 6.07) is 7.51. The lowest BCUT2D eigenvalue weighted by Gasteiger charge is -2.05. The zero-order chi connectivity index (χ0) is 13.0. The average Bonchev–Trinajstić information content (AvgIpc) is 2.76. The molecule has 1 amide bonds. The Bertz CT molecular complexity index is 555. The molecule has 2 aromatic rings. The zero-order valence-electron chi connectivity index (χ0n) is 9.38. The highest BCUT2D eigenvalue weighted by Gasteiger charge is 2.06. The Kier molecular flexibility index (Phi) is 4.26. The molecule has 0 aliphatic heterocycles. The molecule has 2 N–H and O–H groups in total. The molecule has 0 bridgehead atoms. The van der Waals surface area contributed by atoms with Crippen molar-refractivity contribution in [2.45, 2.75) is 13.2 Å². The van der Waals surface area contributed by atoms with Crippen LogP contribution in [0.2, 0.25) is 0 Å². The van der Waals surface area contributed by atoms with Crippen molar-refractivity contribution in [1.82, 2.24) is 15.0 Å². The molecule has 0 aliphatic carbocycles. The molecule has 0 fully saturated rings. The summed E-state index contributed by atoms with van der Waals surface area (Å²) in [7, 11) is 0. The van der Waals surface area contributed by atoms with Gasteiger partial charge in [-0.2, -0.15) is 0 Å². The fourth-order valence-electron chi connectivity index (χ4n) is 1.40. The highest BCUT2D eigenvalue weighted by atomic mass is 127. The predicted octanol–water partition coefficient (Wildman–Crippen LogP) is 1.01. The predicted molar refractivity (Wildman–Crippen MR) is 73.7 cm³/mol. The maximum Gasteiger partial charge on any atom is 0.246 e. The molecule has 1 aromatic heterocycles. The van der Waals surface area contributed by atoms with Crippen molar-refractivity contribution in [3.8, 4) is 0 Å². The molecule has 0 atom stereocenters. The van der Waals surface area contributed by atoms with E-state index in [9.17, 15) is 4.79 Å². The first-order valence-electron chi connectivity index (χ1n) is 5.22. The maximum atomic E-state index is 11.7. The van der Waals surface area contributed by atoms with Crippen LogP contribution in [-0.2, 0) is 17.9 Å². The molecular formula is C11H11IN4O2. The van der Waals surface area contributed by atoms with Gasteiger partial charge in [-0.25, -0.2) is 4.68 Å². The summed E-state index contributed by atoms with van der Waals surface area (Å²) in [5.74, 6) is -0.189. The Morgan fingerprint density at radius 1 is 1.50 bits per heavy atom. The summed E-state index contributed by atoms with van der Waals surface area (Å²) in [5, 5.41) is 19.0. The Morgan fingerprint density at radius 2 is 2.33 bits per heavy atom. The van der Waals surface area contributed by atoms with Gasteiger partial charge in [0.1, 0.15) is 12.2 Å². The van der Waals surface area contributed by atoms with Gasteiger partial charge < -0.3 is 10.4 Å². The van der Waals surface area contributed by atoms with Crippen LogP contribution in [0, 0.1) is 3.57 Å². The number of hydrogen-bond donors (Lipinski definition) is 2. The lowest BCUT2D eigenvalue weighted by atomic mass is 10.3. The zero-order valence-corrected chi connectivity index (χ0v) is 11.5. The molecule has 0 unspecified atom stereocenters.